The second-order valence-corrected chi connectivity index (χ2v) is 5.05. The van der Waals surface area contributed by atoms with Gasteiger partial charge in [0.05, 0.1) is 10.8 Å². The zero-order chi connectivity index (χ0) is 15.2. The lowest BCUT2D eigenvalue weighted by molar-refractivity contribution is -0.385. The Morgan fingerprint density at radius 2 is 2.24 bits per heavy atom. The van der Waals surface area contributed by atoms with Crippen molar-refractivity contribution in [3.8, 4) is 5.75 Å². The van der Waals surface area contributed by atoms with Crippen molar-refractivity contribution >= 4 is 11.7 Å². The van der Waals surface area contributed by atoms with E-state index in [2.05, 4.69) is 0 Å². The Morgan fingerprint density at radius 1 is 1.48 bits per heavy atom. The molecule has 7 heteroatoms. The number of rotatable bonds is 6. The van der Waals surface area contributed by atoms with E-state index in [1.165, 1.54) is 6.07 Å². The van der Waals surface area contributed by atoms with Gasteiger partial charge in [-0.25, -0.2) is 0 Å². The highest BCUT2D eigenvalue weighted by Gasteiger charge is 2.25. The van der Waals surface area contributed by atoms with Crippen molar-refractivity contribution in [1.82, 2.24) is 4.90 Å². The van der Waals surface area contributed by atoms with Crippen LogP contribution in [0.15, 0.2) is 24.3 Å². The van der Waals surface area contributed by atoms with Crippen LogP contribution in [0.4, 0.5) is 5.69 Å². The third-order valence-electron chi connectivity index (χ3n) is 3.58. The largest absolute Gasteiger partial charge is 0.485 e. The maximum atomic E-state index is 11.0. The number of likely N-dealkylation sites (tertiary alicyclic amines) is 1. The van der Waals surface area contributed by atoms with Crippen LogP contribution in [0, 0.1) is 16.0 Å². The summed E-state index contributed by atoms with van der Waals surface area (Å²) in [6.07, 6.45) is 1.55. The Labute approximate surface area is 122 Å². The van der Waals surface area contributed by atoms with Gasteiger partial charge in [0.25, 0.3) is 0 Å². The number of benzene rings is 1. The van der Waals surface area contributed by atoms with Crippen LogP contribution in [-0.2, 0) is 4.79 Å². The van der Waals surface area contributed by atoms with E-state index in [0.717, 1.165) is 13.0 Å². The fourth-order valence-corrected chi connectivity index (χ4v) is 2.47. The van der Waals surface area contributed by atoms with E-state index >= 15 is 0 Å². The van der Waals surface area contributed by atoms with Gasteiger partial charge in [-0.05, 0) is 25.5 Å². The summed E-state index contributed by atoms with van der Waals surface area (Å²) in [6, 6.07) is 6.24. The first-order valence-electron chi connectivity index (χ1n) is 6.89. The van der Waals surface area contributed by atoms with Crippen molar-refractivity contribution in [2.75, 3.05) is 26.2 Å². The van der Waals surface area contributed by atoms with Crippen molar-refractivity contribution in [3.05, 3.63) is 34.4 Å². The van der Waals surface area contributed by atoms with Crippen LogP contribution < -0.4 is 4.74 Å². The molecule has 1 aliphatic rings. The smallest absolute Gasteiger partial charge is 0.310 e. The van der Waals surface area contributed by atoms with Crippen molar-refractivity contribution in [2.45, 2.75) is 12.8 Å². The number of carboxylic acids is 1. The van der Waals surface area contributed by atoms with Crippen molar-refractivity contribution in [1.29, 1.82) is 0 Å². The monoisotopic (exact) mass is 294 g/mol. The number of aliphatic carboxylic acids is 1. The van der Waals surface area contributed by atoms with Crippen LogP contribution in [-0.4, -0.2) is 47.1 Å². The number of carboxylic acid groups (broad SMARTS) is 1. The molecule has 2 rings (SSSR count). The predicted molar refractivity (Wildman–Crippen MR) is 75.4 cm³/mol. The molecule has 1 atom stereocenters. The van der Waals surface area contributed by atoms with E-state index < -0.39 is 10.9 Å². The summed E-state index contributed by atoms with van der Waals surface area (Å²) < 4.78 is 5.47. The molecule has 1 fully saturated rings. The molecule has 1 saturated heterocycles. The van der Waals surface area contributed by atoms with Gasteiger partial charge in [0.2, 0.25) is 0 Å². The summed E-state index contributed by atoms with van der Waals surface area (Å²) in [5.41, 5.74) is -0.0560. The summed E-state index contributed by atoms with van der Waals surface area (Å²) in [6.45, 7) is 2.21. The molecule has 0 bridgehead atoms. The number of hydrogen-bond donors (Lipinski definition) is 1. The van der Waals surface area contributed by atoms with Gasteiger partial charge in [0.15, 0.2) is 5.75 Å². The van der Waals surface area contributed by atoms with E-state index in [1.807, 2.05) is 4.90 Å². The summed E-state index contributed by atoms with van der Waals surface area (Å²) in [5, 5.41) is 19.9. The number of carbonyl (C=O) groups is 1. The Bertz CT molecular complexity index is 520. The van der Waals surface area contributed by atoms with E-state index in [1.54, 1.807) is 18.2 Å². The molecule has 0 spiro atoms. The highest BCUT2D eigenvalue weighted by Crippen LogP contribution is 2.25. The van der Waals surface area contributed by atoms with Crippen LogP contribution in [0.5, 0.6) is 5.75 Å². The Hall–Kier alpha value is -2.15. The number of nitro groups is 1. The standard InChI is InChI=1S/C14H18N2O5/c17-14(18)11-4-3-7-15(10-11)8-9-21-13-6-2-1-5-12(13)16(19)20/h1-2,5-6,11H,3-4,7-10H2,(H,17,18). The predicted octanol–water partition coefficient (Wildman–Crippen LogP) is 1.77. The lowest BCUT2D eigenvalue weighted by Crippen LogP contribution is -2.40. The second kappa shape index (κ2) is 7.03. The quantitative estimate of drug-likeness (QED) is 0.635. The number of ether oxygens (including phenoxy) is 1. The van der Waals surface area contributed by atoms with Gasteiger partial charge >= 0.3 is 11.7 Å². The lowest BCUT2D eigenvalue weighted by Gasteiger charge is -2.30. The first-order chi connectivity index (χ1) is 10.1. The molecule has 1 aromatic carbocycles. The fraction of sp³-hybridized carbons (Fsp3) is 0.500. The molecule has 0 saturated carbocycles. The topological polar surface area (TPSA) is 92.9 Å². The first-order valence-corrected chi connectivity index (χ1v) is 6.89. The number of piperidine rings is 1. The zero-order valence-corrected chi connectivity index (χ0v) is 11.6. The van der Waals surface area contributed by atoms with E-state index in [4.69, 9.17) is 9.84 Å². The molecule has 7 nitrogen and oxygen atoms in total. The van der Waals surface area contributed by atoms with Gasteiger partial charge in [0.1, 0.15) is 6.61 Å². The highest BCUT2D eigenvalue weighted by molar-refractivity contribution is 5.70. The molecular formula is C14H18N2O5. The molecule has 0 radical (unpaired) electrons. The van der Waals surface area contributed by atoms with Gasteiger partial charge in [-0.2, -0.15) is 0 Å². The van der Waals surface area contributed by atoms with Crippen LogP contribution in [0.25, 0.3) is 0 Å². The van der Waals surface area contributed by atoms with Gasteiger partial charge < -0.3 is 9.84 Å². The summed E-state index contributed by atoms with van der Waals surface area (Å²) >= 11 is 0. The first kappa shape index (κ1) is 15.2. The minimum absolute atomic E-state index is 0.0560. The molecule has 1 unspecified atom stereocenters. The molecular weight excluding hydrogens is 276 g/mol. The van der Waals surface area contributed by atoms with Crippen LogP contribution >= 0.6 is 0 Å². The average molecular weight is 294 g/mol. The third kappa shape index (κ3) is 4.16. The van der Waals surface area contributed by atoms with Gasteiger partial charge in [-0.3, -0.25) is 19.8 Å². The molecule has 0 aromatic heterocycles. The molecule has 1 aromatic rings. The number of nitro benzene ring substituents is 1. The number of hydrogen-bond acceptors (Lipinski definition) is 5. The van der Waals surface area contributed by atoms with Crippen molar-refractivity contribution in [3.63, 3.8) is 0 Å². The molecule has 21 heavy (non-hydrogen) atoms. The van der Waals surface area contributed by atoms with Crippen LogP contribution in [0.3, 0.4) is 0 Å². The van der Waals surface area contributed by atoms with E-state index in [0.29, 0.717) is 26.1 Å². The minimum atomic E-state index is -0.765. The van der Waals surface area contributed by atoms with Gasteiger partial charge in [-0.15, -0.1) is 0 Å². The van der Waals surface area contributed by atoms with Crippen molar-refractivity contribution < 1.29 is 19.6 Å². The molecule has 0 aliphatic carbocycles. The van der Waals surface area contributed by atoms with Crippen LogP contribution in [0.1, 0.15) is 12.8 Å². The minimum Gasteiger partial charge on any atom is -0.485 e. The van der Waals surface area contributed by atoms with Gasteiger partial charge in [-0.1, -0.05) is 12.1 Å². The van der Waals surface area contributed by atoms with Crippen molar-refractivity contribution in [2.24, 2.45) is 5.92 Å². The van der Waals surface area contributed by atoms with E-state index in [-0.39, 0.29) is 17.4 Å². The summed E-state index contributed by atoms with van der Waals surface area (Å²) in [7, 11) is 0. The van der Waals surface area contributed by atoms with Crippen LogP contribution in [0.2, 0.25) is 0 Å². The molecule has 1 aliphatic heterocycles. The molecule has 1 heterocycles. The highest BCUT2D eigenvalue weighted by atomic mass is 16.6. The number of para-hydroxylation sites is 2. The number of nitrogens with zero attached hydrogens (tertiary/aromatic N) is 2. The molecule has 1 N–H and O–H groups in total. The summed E-state index contributed by atoms with van der Waals surface area (Å²) in [4.78, 5) is 23.4. The van der Waals surface area contributed by atoms with Gasteiger partial charge in [0, 0.05) is 19.2 Å². The molecule has 0 amide bonds. The lowest BCUT2D eigenvalue weighted by atomic mass is 9.98. The van der Waals surface area contributed by atoms with E-state index in [9.17, 15) is 14.9 Å². The zero-order valence-electron chi connectivity index (χ0n) is 11.6. The maximum absolute atomic E-state index is 11.0. The summed E-state index contributed by atoms with van der Waals surface area (Å²) in [5.74, 6) is -0.849. The maximum Gasteiger partial charge on any atom is 0.310 e. The third-order valence-corrected chi connectivity index (χ3v) is 3.58. The molecule has 114 valence electrons. The second-order valence-electron chi connectivity index (χ2n) is 5.05. The Morgan fingerprint density at radius 3 is 2.95 bits per heavy atom. The fourth-order valence-electron chi connectivity index (χ4n) is 2.47. The normalized spacial score (nSPS) is 19.1. The average Bonchev–Trinajstić information content (AvgIpc) is 2.48. The Balaban J connectivity index is 1.84. The SMILES string of the molecule is O=C(O)C1CCCN(CCOc2ccccc2[N+](=O)[O-])C1. The Kier molecular flexibility index (Phi) is 5.10.